The second kappa shape index (κ2) is 10.4. The molecule has 5 heterocycles. The van der Waals surface area contributed by atoms with Crippen molar-refractivity contribution in [2.45, 2.75) is 31.6 Å². The van der Waals surface area contributed by atoms with Gasteiger partial charge in [-0.3, -0.25) is 4.79 Å². The first-order valence-corrected chi connectivity index (χ1v) is 11.8. The van der Waals surface area contributed by atoms with Crippen molar-refractivity contribution in [1.29, 1.82) is 0 Å². The normalized spacial score (nSPS) is 18.8. The van der Waals surface area contributed by atoms with Gasteiger partial charge >= 0.3 is 0 Å². The number of carbonyl (C=O) groups is 1. The maximum absolute atomic E-state index is 13.3. The molecule has 9 heteroatoms. The highest BCUT2D eigenvalue weighted by Gasteiger charge is 2.22. The summed E-state index contributed by atoms with van der Waals surface area (Å²) in [4.78, 5) is 22.4. The molecular weight excluding hydrogens is 436 g/mol. The predicted octanol–water partition coefficient (Wildman–Crippen LogP) is 3.69. The van der Waals surface area contributed by atoms with Gasteiger partial charge in [0.1, 0.15) is 17.2 Å². The summed E-state index contributed by atoms with van der Waals surface area (Å²) < 4.78 is 24.2. The molecule has 3 aromatic heterocycles. The van der Waals surface area contributed by atoms with Crippen molar-refractivity contribution in [2.75, 3.05) is 45.5 Å². The highest BCUT2D eigenvalue weighted by molar-refractivity contribution is 6.05. The number of amides is 1. The maximum atomic E-state index is 13.3. The van der Waals surface area contributed by atoms with Crippen molar-refractivity contribution in [2.24, 2.45) is 5.92 Å². The quantitative estimate of drug-likeness (QED) is 0.541. The zero-order valence-electron chi connectivity index (χ0n) is 19.4. The smallest absolute Gasteiger partial charge is 0.262 e. The molecular formula is C25H30N4O5. The minimum atomic E-state index is -0.303. The van der Waals surface area contributed by atoms with E-state index in [0.717, 1.165) is 63.5 Å². The van der Waals surface area contributed by atoms with Crippen LogP contribution in [0.25, 0.3) is 5.65 Å². The molecule has 0 bridgehead atoms. The summed E-state index contributed by atoms with van der Waals surface area (Å²) in [5.41, 5.74) is 2.21. The average Bonchev–Trinajstić information content (AvgIpc) is 3.54. The first-order valence-electron chi connectivity index (χ1n) is 11.8. The molecule has 1 amide bonds. The summed E-state index contributed by atoms with van der Waals surface area (Å²) in [6.45, 7) is 3.58. The van der Waals surface area contributed by atoms with E-state index in [1.165, 1.54) is 7.11 Å². The third-order valence-electron chi connectivity index (χ3n) is 6.44. The molecule has 0 radical (unpaired) electrons. The third kappa shape index (κ3) is 5.15. The van der Waals surface area contributed by atoms with Crippen LogP contribution in [-0.4, -0.2) is 60.4 Å². The summed E-state index contributed by atoms with van der Waals surface area (Å²) in [6, 6.07) is 7.08. The highest BCUT2D eigenvalue weighted by atomic mass is 16.5. The second-order valence-corrected chi connectivity index (χ2v) is 8.76. The number of nitrogens with zero attached hydrogens (tertiary/aromatic N) is 3. The largest absolute Gasteiger partial charge is 0.493 e. The van der Waals surface area contributed by atoms with Gasteiger partial charge in [-0.25, -0.2) is 4.98 Å². The molecule has 0 saturated carbocycles. The Morgan fingerprint density at radius 2 is 2.00 bits per heavy atom. The number of hydrogen-bond donors (Lipinski definition) is 1. The Hall–Kier alpha value is -3.17. The van der Waals surface area contributed by atoms with Gasteiger partial charge in [-0.1, -0.05) is 6.07 Å². The molecule has 3 aromatic rings. The van der Waals surface area contributed by atoms with Crippen molar-refractivity contribution in [3.63, 3.8) is 0 Å². The molecule has 2 saturated heterocycles. The maximum Gasteiger partial charge on any atom is 0.262 e. The predicted molar refractivity (Wildman–Crippen MR) is 126 cm³/mol. The Labute approximate surface area is 198 Å². The lowest BCUT2D eigenvalue weighted by Crippen LogP contribution is -2.16. The molecule has 1 unspecified atom stereocenters. The van der Waals surface area contributed by atoms with E-state index in [4.69, 9.17) is 23.9 Å². The molecule has 1 N–H and O–H groups in total. The molecule has 2 aliphatic heterocycles. The first-order chi connectivity index (χ1) is 16.7. The minimum Gasteiger partial charge on any atom is -0.493 e. The van der Waals surface area contributed by atoms with Crippen LogP contribution in [-0.2, 0) is 9.47 Å². The van der Waals surface area contributed by atoms with Crippen LogP contribution in [0.15, 0.2) is 36.7 Å². The van der Waals surface area contributed by atoms with Crippen molar-refractivity contribution >= 4 is 17.4 Å². The van der Waals surface area contributed by atoms with Gasteiger partial charge in [0.15, 0.2) is 0 Å². The first kappa shape index (κ1) is 22.6. The van der Waals surface area contributed by atoms with Gasteiger partial charge in [-0.15, -0.1) is 0 Å². The molecule has 0 aliphatic carbocycles. The minimum absolute atomic E-state index is 0.303. The van der Waals surface area contributed by atoms with E-state index in [1.807, 2.05) is 16.7 Å². The van der Waals surface area contributed by atoms with E-state index < -0.39 is 0 Å². The lowest BCUT2D eigenvalue weighted by molar-refractivity contribution is 0.0846. The van der Waals surface area contributed by atoms with E-state index in [2.05, 4.69) is 10.3 Å². The van der Waals surface area contributed by atoms with Crippen LogP contribution in [0.1, 0.15) is 47.7 Å². The topological polar surface area (TPSA) is 96.2 Å². The second-order valence-electron chi connectivity index (χ2n) is 8.76. The van der Waals surface area contributed by atoms with Crippen LogP contribution < -0.4 is 14.8 Å². The number of pyridine rings is 2. The summed E-state index contributed by atoms with van der Waals surface area (Å²) in [7, 11) is 1.54. The molecule has 1 atom stereocenters. The number of anilines is 1. The number of carbonyl (C=O) groups excluding carboxylic acids is 1. The lowest BCUT2D eigenvalue weighted by atomic mass is 9.97. The fourth-order valence-electron chi connectivity index (χ4n) is 4.44. The standard InChI is InChI=1S/C25H30N4O5/c1-31-24-4-2-3-22(27-24)28-25(30)19-14-29-15-20(18-7-10-32-11-8-18)26-23(29)13-21(19)34-12-6-17-5-9-33-16-17/h2-4,13-15,17-18H,5-12,16H2,1H3,(H,27,28,30). The van der Waals surface area contributed by atoms with Crippen LogP contribution >= 0.6 is 0 Å². The van der Waals surface area contributed by atoms with Gasteiger partial charge in [0, 0.05) is 56.9 Å². The lowest BCUT2D eigenvalue weighted by Gasteiger charge is -2.19. The Kier molecular flexibility index (Phi) is 6.92. The number of methoxy groups -OCH3 is 1. The van der Waals surface area contributed by atoms with Crippen molar-refractivity contribution in [3.05, 3.63) is 47.9 Å². The highest BCUT2D eigenvalue weighted by Crippen LogP contribution is 2.29. The van der Waals surface area contributed by atoms with Crippen LogP contribution in [0.2, 0.25) is 0 Å². The van der Waals surface area contributed by atoms with Gasteiger partial charge in [-0.05, 0) is 37.7 Å². The Bertz CT molecular complexity index is 1140. The van der Waals surface area contributed by atoms with E-state index in [1.54, 1.807) is 24.4 Å². The van der Waals surface area contributed by atoms with Crippen LogP contribution in [0.4, 0.5) is 5.82 Å². The summed E-state index contributed by atoms with van der Waals surface area (Å²) in [5, 5.41) is 2.86. The molecule has 34 heavy (non-hydrogen) atoms. The molecule has 0 aromatic carbocycles. The number of hydrogen-bond acceptors (Lipinski definition) is 7. The zero-order chi connectivity index (χ0) is 23.3. The number of fused-ring (bicyclic) bond motifs is 1. The number of nitrogens with one attached hydrogen (secondary N) is 1. The Morgan fingerprint density at radius 1 is 1.15 bits per heavy atom. The van der Waals surface area contributed by atoms with Crippen LogP contribution in [0.5, 0.6) is 11.6 Å². The Morgan fingerprint density at radius 3 is 2.79 bits per heavy atom. The number of aromatic nitrogens is 3. The van der Waals surface area contributed by atoms with Gasteiger partial charge in [0.2, 0.25) is 5.88 Å². The summed E-state index contributed by atoms with van der Waals surface area (Å²) in [6.07, 6.45) is 7.62. The van der Waals surface area contributed by atoms with Gasteiger partial charge in [-0.2, -0.15) is 4.98 Å². The number of rotatable bonds is 8. The summed E-state index contributed by atoms with van der Waals surface area (Å²) in [5.74, 6) is 1.90. The fraction of sp³-hybridized carbons (Fsp3) is 0.480. The number of ether oxygens (including phenoxy) is 4. The molecule has 5 rings (SSSR count). The molecule has 2 aliphatic rings. The van der Waals surface area contributed by atoms with Crippen LogP contribution in [0, 0.1) is 5.92 Å². The van der Waals surface area contributed by atoms with Crippen molar-refractivity contribution < 1.29 is 23.7 Å². The molecule has 9 nitrogen and oxygen atoms in total. The van der Waals surface area contributed by atoms with Gasteiger partial charge in [0.25, 0.3) is 5.91 Å². The fourth-order valence-corrected chi connectivity index (χ4v) is 4.44. The molecule has 0 spiro atoms. The Balaban J connectivity index is 1.41. The van der Waals surface area contributed by atoms with E-state index in [0.29, 0.717) is 41.5 Å². The van der Waals surface area contributed by atoms with E-state index in [-0.39, 0.29) is 5.91 Å². The van der Waals surface area contributed by atoms with Crippen molar-refractivity contribution in [1.82, 2.24) is 14.4 Å². The molecule has 180 valence electrons. The third-order valence-corrected chi connectivity index (χ3v) is 6.44. The monoisotopic (exact) mass is 466 g/mol. The van der Waals surface area contributed by atoms with Crippen LogP contribution in [0.3, 0.4) is 0 Å². The van der Waals surface area contributed by atoms with E-state index >= 15 is 0 Å². The molecule has 2 fully saturated rings. The average molecular weight is 467 g/mol. The SMILES string of the molecule is COc1cccc(NC(=O)c2cn3cc(C4CCOCC4)nc3cc2OCCC2CCOC2)n1. The summed E-state index contributed by atoms with van der Waals surface area (Å²) >= 11 is 0. The van der Waals surface area contributed by atoms with Crippen molar-refractivity contribution in [3.8, 4) is 11.6 Å². The van der Waals surface area contributed by atoms with E-state index in [9.17, 15) is 4.79 Å². The van der Waals surface area contributed by atoms with Gasteiger partial charge in [0.05, 0.1) is 25.0 Å². The zero-order valence-corrected chi connectivity index (χ0v) is 19.4. The van der Waals surface area contributed by atoms with Gasteiger partial charge < -0.3 is 28.7 Å². The number of imidazole rings is 1.